The fraction of sp³-hybridized carbons (Fsp3) is 0.385. The summed E-state index contributed by atoms with van der Waals surface area (Å²) < 4.78 is 5.70. The first-order valence-electron chi connectivity index (χ1n) is 5.48. The largest absolute Gasteiger partial charge is 0.467 e. The second-order valence-corrected chi connectivity index (χ2v) is 5.38. The number of methoxy groups -OCH3 is 1. The van der Waals surface area contributed by atoms with Crippen LogP contribution >= 0.6 is 23.5 Å². The van der Waals surface area contributed by atoms with Gasteiger partial charge < -0.3 is 4.74 Å². The van der Waals surface area contributed by atoms with Gasteiger partial charge in [0.25, 0.3) is 0 Å². The lowest BCUT2D eigenvalue weighted by molar-refractivity contribution is -0.142. The quantitative estimate of drug-likeness (QED) is 0.484. The highest BCUT2D eigenvalue weighted by atomic mass is 32.2. The molecule has 1 aromatic carbocycles. The van der Waals surface area contributed by atoms with E-state index in [0.29, 0.717) is 6.42 Å². The molecule has 0 aliphatic carbocycles. The first-order chi connectivity index (χ1) is 8.71. The number of hydrogen-bond donors (Lipinski definition) is 0. The molecule has 0 aromatic heterocycles. The third-order valence-corrected chi connectivity index (χ3v) is 4.26. The molecule has 1 rings (SSSR count). The predicted molar refractivity (Wildman–Crippen MR) is 80.4 cm³/mol. The van der Waals surface area contributed by atoms with Crippen LogP contribution in [0.5, 0.6) is 0 Å². The standard InChI is InChI=1S/C13H17NO2S2/c1-16-12(15)11(14-13(17-2)18-3)9-10-7-5-4-6-8-10/h4-8,11H,9H2,1-3H3/t11-/m0/s1. The van der Waals surface area contributed by atoms with E-state index >= 15 is 0 Å². The van der Waals surface area contributed by atoms with Crippen molar-refractivity contribution in [3.05, 3.63) is 35.9 Å². The van der Waals surface area contributed by atoms with E-state index in [1.807, 2.05) is 42.8 Å². The zero-order valence-corrected chi connectivity index (χ0v) is 12.4. The van der Waals surface area contributed by atoms with Gasteiger partial charge in [0.1, 0.15) is 4.38 Å². The molecule has 0 saturated carbocycles. The molecule has 0 unspecified atom stereocenters. The maximum Gasteiger partial charge on any atom is 0.330 e. The molecule has 1 atom stereocenters. The molecule has 0 spiro atoms. The summed E-state index contributed by atoms with van der Waals surface area (Å²) in [4.78, 5) is 16.2. The van der Waals surface area contributed by atoms with Gasteiger partial charge in [-0.15, -0.1) is 23.5 Å². The molecular weight excluding hydrogens is 266 g/mol. The van der Waals surface area contributed by atoms with Gasteiger partial charge in [-0.05, 0) is 18.1 Å². The lowest BCUT2D eigenvalue weighted by Gasteiger charge is -2.11. The van der Waals surface area contributed by atoms with Crippen molar-refractivity contribution in [3.63, 3.8) is 0 Å². The van der Waals surface area contributed by atoms with Crippen molar-refractivity contribution in [2.24, 2.45) is 4.99 Å². The summed E-state index contributed by atoms with van der Waals surface area (Å²) in [5.74, 6) is -0.292. The molecule has 0 heterocycles. The van der Waals surface area contributed by atoms with E-state index in [0.717, 1.165) is 9.94 Å². The Hall–Kier alpha value is -0.940. The Bertz CT molecular complexity index is 401. The molecule has 98 valence electrons. The van der Waals surface area contributed by atoms with Crippen LogP contribution in [0.15, 0.2) is 35.3 Å². The minimum atomic E-state index is -0.465. The predicted octanol–water partition coefficient (Wildman–Crippen LogP) is 2.85. The third kappa shape index (κ3) is 4.74. The lowest BCUT2D eigenvalue weighted by atomic mass is 10.1. The molecule has 0 aliphatic rings. The first kappa shape index (κ1) is 15.1. The topological polar surface area (TPSA) is 38.7 Å². The number of rotatable bonds is 4. The fourth-order valence-corrected chi connectivity index (χ4v) is 2.60. The van der Waals surface area contributed by atoms with Crippen molar-refractivity contribution in [1.82, 2.24) is 0 Å². The molecule has 0 amide bonds. The van der Waals surface area contributed by atoms with E-state index in [1.165, 1.54) is 7.11 Å². The fourth-order valence-electron chi connectivity index (χ4n) is 1.47. The van der Waals surface area contributed by atoms with Crippen LogP contribution in [0.4, 0.5) is 0 Å². The molecular formula is C13H17NO2S2. The van der Waals surface area contributed by atoms with Crippen LogP contribution in [0.3, 0.4) is 0 Å². The van der Waals surface area contributed by atoms with Crippen molar-refractivity contribution in [1.29, 1.82) is 0 Å². The van der Waals surface area contributed by atoms with E-state index in [-0.39, 0.29) is 5.97 Å². The molecule has 1 aromatic rings. The van der Waals surface area contributed by atoms with Crippen LogP contribution in [0.25, 0.3) is 0 Å². The second-order valence-electron chi connectivity index (χ2n) is 3.53. The summed E-state index contributed by atoms with van der Waals surface area (Å²) in [7, 11) is 1.40. The van der Waals surface area contributed by atoms with E-state index in [2.05, 4.69) is 4.99 Å². The zero-order valence-electron chi connectivity index (χ0n) is 10.8. The Morgan fingerprint density at radius 2 is 1.89 bits per heavy atom. The van der Waals surface area contributed by atoms with Crippen molar-refractivity contribution < 1.29 is 9.53 Å². The molecule has 0 aliphatic heterocycles. The van der Waals surface area contributed by atoms with Crippen LogP contribution in [0.2, 0.25) is 0 Å². The first-order valence-corrected chi connectivity index (χ1v) is 7.93. The highest BCUT2D eigenvalue weighted by Gasteiger charge is 2.19. The van der Waals surface area contributed by atoms with Gasteiger partial charge in [-0.25, -0.2) is 4.79 Å². The van der Waals surface area contributed by atoms with Gasteiger partial charge in [-0.2, -0.15) is 0 Å². The summed E-state index contributed by atoms with van der Waals surface area (Å²) in [5, 5.41) is 0. The summed E-state index contributed by atoms with van der Waals surface area (Å²) in [6.07, 6.45) is 4.47. The van der Waals surface area contributed by atoms with Crippen molar-refractivity contribution >= 4 is 33.9 Å². The van der Waals surface area contributed by atoms with Crippen LogP contribution < -0.4 is 0 Å². The number of thioether (sulfide) groups is 2. The van der Waals surface area contributed by atoms with Gasteiger partial charge in [0.15, 0.2) is 6.04 Å². The normalized spacial score (nSPS) is 11.7. The SMILES string of the molecule is COC(=O)[C@H](Cc1ccccc1)N=C(SC)SC. The Kier molecular flexibility index (Phi) is 6.90. The minimum Gasteiger partial charge on any atom is -0.467 e. The van der Waals surface area contributed by atoms with Gasteiger partial charge in [-0.1, -0.05) is 30.3 Å². The lowest BCUT2D eigenvalue weighted by Crippen LogP contribution is -2.23. The average molecular weight is 283 g/mol. The van der Waals surface area contributed by atoms with Crippen LogP contribution in [-0.4, -0.2) is 36.0 Å². The number of aliphatic imine (C=N–C) groups is 1. The molecule has 5 heteroatoms. The second kappa shape index (κ2) is 8.21. The highest BCUT2D eigenvalue weighted by molar-refractivity contribution is 8.38. The highest BCUT2D eigenvalue weighted by Crippen LogP contribution is 2.15. The number of carbonyl (C=O) groups excluding carboxylic acids is 1. The van der Waals surface area contributed by atoms with Crippen molar-refractivity contribution in [2.45, 2.75) is 12.5 Å². The monoisotopic (exact) mass is 283 g/mol. The molecule has 3 nitrogen and oxygen atoms in total. The Morgan fingerprint density at radius 1 is 1.28 bits per heavy atom. The Labute approximate surface area is 116 Å². The van der Waals surface area contributed by atoms with Crippen LogP contribution in [0, 0.1) is 0 Å². The summed E-state index contributed by atoms with van der Waals surface area (Å²) in [6, 6.07) is 9.38. The van der Waals surface area contributed by atoms with Gasteiger partial charge >= 0.3 is 5.97 Å². The number of ether oxygens (including phenoxy) is 1. The summed E-state index contributed by atoms with van der Waals surface area (Å²) >= 11 is 3.08. The zero-order chi connectivity index (χ0) is 13.4. The maximum atomic E-state index is 11.7. The van der Waals surface area contributed by atoms with E-state index in [1.54, 1.807) is 23.5 Å². The maximum absolute atomic E-state index is 11.7. The van der Waals surface area contributed by atoms with Crippen LogP contribution in [-0.2, 0) is 16.0 Å². The number of nitrogens with zero attached hydrogens (tertiary/aromatic N) is 1. The Morgan fingerprint density at radius 3 is 2.39 bits per heavy atom. The third-order valence-electron chi connectivity index (χ3n) is 2.36. The minimum absolute atomic E-state index is 0.292. The molecule has 0 bridgehead atoms. The van der Waals surface area contributed by atoms with Crippen molar-refractivity contribution in [2.75, 3.05) is 19.6 Å². The number of benzene rings is 1. The van der Waals surface area contributed by atoms with Gasteiger partial charge in [-0.3, -0.25) is 4.99 Å². The van der Waals surface area contributed by atoms with Crippen molar-refractivity contribution in [3.8, 4) is 0 Å². The molecule has 0 N–H and O–H groups in total. The van der Waals surface area contributed by atoms with Gasteiger partial charge in [0.05, 0.1) is 7.11 Å². The van der Waals surface area contributed by atoms with E-state index in [4.69, 9.17) is 4.74 Å². The molecule has 0 fully saturated rings. The van der Waals surface area contributed by atoms with E-state index < -0.39 is 6.04 Å². The average Bonchev–Trinajstić information content (AvgIpc) is 2.43. The summed E-state index contributed by atoms with van der Waals surface area (Å²) in [6.45, 7) is 0. The van der Waals surface area contributed by atoms with Crippen LogP contribution in [0.1, 0.15) is 5.56 Å². The van der Waals surface area contributed by atoms with Gasteiger partial charge in [0.2, 0.25) is 0 Å². The van der Waals surface area contributed by atoms with Gasteiger partial charge in [0, 0.05) is 6.42 Å². The molecule has 0 radical (unpaired) electrons. The number of hydrogen-bond acceptors (Lipinski definition) is 5. The smallest absolute Gasteiger partial charge is 0.330 e. The molecule has 18 heavy (non-hydrogen) atoms. The Balaban J connectivity index is 2.86. The van der Waals surface area contributed by atoms with E-state index in [9.17, 15) is 4.79 Å². The summed E-state index contributed by atoms with van der Waals surface area (Å²) in [5.41, 5.74) is 1.08. The number of esters is 1. The molecule has 0 saturated heterocycles. The number of carbonyl (C=O) groups is 1.